The zero-order valence-electron chi connectivity index (χ0n) is 7.44. The first-order valence-electron chi connectivity index (χ1n) is 3.38. The summed E-state index contributed by atoms with van der Waals surface area (Å²) in [6, 6.07) is 0. The van der Waals surface area contributed by atoms with E-state index in [4.69, 9.17) is 0 Å². The molecule has 1 atom stereocenters. The number of alkyl halides is 2. The second-order valence-electron chi connectivity index (χ2n) is 2.19. The van der Waals surface area contributed by atoms with Gasteiger partial charge in [0.15, 0.2) is 5.78 Å². The van der Waals surface area contributed by atoms with Gasteiger partial charge in [0, 0.05) is 5.33 Å². The van der Waals surface area contributed by atoms with Crippen LogP contribution >= 0.6 is 47.8 Å². The summed E-state index contributed by atoms with van der Waals surface area (Å²) in [6.07, 6.45) is 0. The number of hydrogen-bond donors (Lipinski definition) is 0. The van der Waals surface area contributed by atoms with Crippen LogP contribution in [-0.2, 0) is 9.59 Å². The molecule has 0 saturated carbocycles. The van der Waals surface area contributed by atoms with Gasteiger partial charge in [0.25, 0.3) is 0 Å². The molecule has 1 unspecified atom stereocenters. The third kappa shape index (κ3) is 12.5. The molecule has 0 aromatic carbocycles. The number of halogens is 3. The van der Waals surface area contributed by atoms with Crippen molar-refractivity contribution in [3.8, 4) is 0 Å². The highest BCUT2D eigenvalue weighted by Crippen LogP contribution is 2.03. The van der Waals surface area contributed by atoms with Crippen molar-refractivity contribution in [1.29, 1.82) is 0 Å². The second-order valence-corrected chi connectivity index (χ2v) is 4.90. The van der Waals surface area contributed by atoms with E-state index >= 15 is 0 Å². The minimum Gasteiger partial charge on any atom is -0.299 e. The van der Waals surface area contributed by atoms with E-state index in [9.17, 15) is 9.59 Å². The van der Waals surface area contributed by atoms with Crippen molar-refractivity contribution in [2.75, 3.05) is 5.33 Å². The molecule has 0 aromatic rings. The van der Waals surface area contributed by atoms with Crippen LogP contribution in [0.1, 0.15) is 13.8 Å². The minimum atomic E-state index is -0.0185. The van der Waals surface area contributed by atoms with E-state index in [1.165, 1.54) is 6.92 Å². The molecule has 0 spiro atoms. The molecule has 0 saturated heterocycles. The lowest BCUT2D eigenvalue weighted by molar-refractivity contribution is -0.116. The van der Waals surface area contributed by atoms with Gasteiger partial charge in [0.2, 0.25) is 0 Å². The van der Waals surface area contributed by atoms with Gasteiger partial charge in [0.1, 0.15) is 5.78 Å². The molecule has 0 heterocycles. The summed E-state index contributed by atoms with van der Waals surface area (Å²) in [5.41, 5.74) is 0. The summed E-state index contributed by atoms with van der Waals surface area (Å²) in [5.74, 6) is 0.145. The second kappa shape index (κ2) is 9.09. The molecule has 0 bridgehead atoms. The number of carbonyl (C=O) groups excluding carboxylic acids is 2. The van der Waals surface area contributed by atoms with Gasteiger partial charge in [-0.05, 0) is 29.8 Å². The molecule has 0 aliphatic carbocycles. The third-order valence-electron chi connectivity index (χ3n) is 0.959. The molecule has 0 amide bonds. The molecular weight excluding hydrogens is 368 g/mol. The lowest BCUT2D eigenvalue weighted by Crippen LogP contribution is -2.09. The first kappa shape index (κ1) is 16.0. The molecule has 0 radical (unpaired) electrons. The number of rotatable bonds is 3. The van der Waals surface area contributed by atoms with Crippen LogP contribution in [-0.4, -0.2) is 21.7 Å². The van der Waals surface area contributed by atoms with Gasteiger partial charge in [0.05, 0.1) is 9.31 Å². The monoisotopic (exact) mass is 376 g/mol. The average molecular weight is 379 g/mol. The molecule has 0 aliphatic heterocycles. The number of hydrogen-bond acceptors (Lipinski definition) is 2. The minimum absolute atomic E-state index is 0.00694. The topological polar surface area (TPSA) is 34.1 Å². The largest absolute Gasteiger partial charge is 0.299 e. The van der Waals surface area contributed by atoms with Crippen LogP contribution in [0.15, 0.2) is 11.1 Å². The Kier molecular flexibility index (Phi) is 11.2. The Labute approximate surface area is 104 Å². The van der Waals surface area contributed by atoms with Crippen molar-refractivity contribution in [2.24, 2.45) is 0 Å². The number of ketones is 2. The smallest absolute Gasteiger partial charge is 0.166 e. The highest BCUT2D eigenvalue weighted by atomic mass is 79.9. The van der Waals surface area contributed by atoms with Gasteiger partial charge in [-0.15, -0.1) is 0 Å². The Morgan fingerprint density at radius 3 is 1.69 bits per heavy atom. The summed E-state index contributed by atoms with van der Waals surface area (Å²) in [7, 11) is 0. The summed E-state index contributed by atoms with van der Waals surface area (Å²) >= 11 is 9.19. The first-order chi connectivity index (χ1) is 5.82. The summed E-state index contributed by atoms with van der Waals surface area (Å²) in [4.78, 5) is 20.3. The zero-order chi connectivity index (χ0) is 11.0. The molecule has 0 N–H and O–H groups in total. The van der Waals surface area contributed by atoms with E-state index in [0.717, 1.165) is 0 Å². The molecule has 5 heteroatoms. The van der Waals surface area contributed by atoms with E-state index in [1.54, 1.807) is 6.92 Å². The molecule has 0 fully saturated rings. The Bertz CT molecular complexity index is 190. The normalized spacial score (nSPS) is 10.8. The van der Waals surface area contributed by atoms with Crippen molar-refractivity contribution in [1.82, 2.24) is 0 Å². The lowest BCUT2D eigenvalue weighted by atomic mass is 10.4. The Hall–Kier alpha value is 0.520. The number of carbonyl (C=O) groups is 2. The van der Waals surface area contributed by atoms with Gasteiger partial charge >= 0.3 is 0 Å². The lowest BCUT2D eigenvalue weighted by Gasteiger charge is -1.94. The van der Waals surface area contributed by atoms with Crippen molar-refractivity contribution >= 4 is 59.4 Å². The zero-order valence-corrected chi connectivity index (χ0v) is 12.2. The Morgan fingerprint density at radius 2 is 1.69 bits per heavy atom. The predicted octanol–water partition coefficient (Wildman–Crippen LogP) is 3.22. The van der Waals surface area contributed by atoms with Gasteiger partial charge in [-0.2, -0.15) is 0 Å². The van der Waals surface area contributed by atoms with Crippen LogP contribution in [0.4, 0.5) is 0 Å². The van der Waals surface area contributed by atoms with Crippen molar-refractivity contribution in [2.45, 2.75) is 18.7 Å². The fourth-order valence-corrected chi connectivity index (χ4v) is 0.565. The van der Waals surface area contributed by atoms with Crippen molar-refractivity contribution in [3.63, 3.8) is 0 Å². The van der Waals surface area contributed by atoms with Gasteiger partial charge < -0.3 is 0 Å². The first-order valence-corrected chi connectivity index (χ1v) is 6.21. The maximum absolute atomic E-state index is 10.3. The Morgan fingerprint density at radius 1 is 1.38 bits per heavy atom. The van der Waals surface area contributed by atoms with E-state index in [2.05, 4.69) is 54.4 Å². The van der Waals surface area contributed by atoms with E-state index in [1.807, 2.05) is 0 Å². The molecule has 13 heavy (non-hydrogen) atoms. The maximum Gasteiger partial charge on any atom is 0.166 e. The predicted molar refractivity (Wildman–Crippen MR) is 65.9 cm³/mol. The number of Topliss-reactive ketones (excluding diaryl/α,β-unsaturated/α-hetero) is 2. The highest BCUT2D eigenvalue weighted by molar-refractivity contribution is 9.12. The van der Waals surface area contributed by atoms with E-state index in [0.29, 0.717) is 9.81 Å². The van der Waals surface area contributed by atoms with Gasteiger partial charge in [-0.1, -0.05) is 38.4 Å². The summed E-state index contributed by atoms with van der Waals surface area (Å²) < 4.78 is 0.433. The van der Waals surface area contributed by atoms with Crippen LogP contribution in [0, 0.1) is 0 Å². The maximum atomic E-state index is 10.3. The SMILES string of the molecule is C=C(Br)C(C)=O.CC(=O)C(Br)CBr. The van der Waals surface area contributed by atoms with Gasteiger partial charge in [-0.25, -0.2) is 0 Å². The van der Waals surface area contributed by atoms with Crippen LogP contribution in [0.5, 0.6) is 0 Å². The third-order valence-corrected chi connectivity index (χ3v) is 4.00. The molecular formula is C8H11Br3O2. The van der Waals surface area contributed by atoms with Crippen LogP contribution < -0.4 is 0 Å². The fraction of sp³-hybridized carbons (Fsp3) is 0.500. The highest BCUT2D eigenvalue weighted by Gasteiger charge is 2.04. The van der Waals surface area contributed by atoms with Gasteiger partial charge in [-0.3, -0.25) is 9.59 Å². The summed E-state index contributed by atoms with van der Waals surface area (Å²) in [6.45, 7) is 6.33. The van der Waals surface area contributed by atoms with Crippen LogP contribution in [0.2, 0.25) is 0 Å². The standard InChI is InChI=1S/C4H6Br2O.C4H5BrO/c1-3(7)4(6)2-5;1-3(5)4(2)6/h4H,2H2,1H3;1H2,2H3. The quantitative estimate of drug-likeness (QED) is 0.558. The van der Waals surface area contributed by atoms with E-state index in [-0.39, 0.29) is 16.4 Å². The fourth-order valence-electron chi connectivity index (χ4n) is 0.109. The number of allylic oxidation sites excluding steroid dienone is 1. The van der Waals surface area contributed by atoms with Crippen LogP contribution in [0.25, 0.3) is 0 Å². The average Bonchev–Trinajstić information content (AvgIpc) is 2.03. The Balaban J connectivity index is 0. The molecule has 2 nitrogen and oxygen atoms in total. The molecule has 0 aliphatic rings. The van der Waals surface area contributed by atoms with E-state index < -0.39 is 0 Å². The summed E-state index contributed by atoms with van der Waals surface area (Å²) in [5, 5.41) is 0.697. The van der Waals surface area contributed by atoms with Crippen molar-refractivity contribution < 1.29 is 9.59 Å². The molecule has 0 rings (SSSR count). The molecule has 0 aromatic heterocycles. The van der Waals surface area contributed by atoms with Crippen LogP contribution in [0.3, 0.4) is 0 Å². The molecule has 76 valence electrons. The van der Waals surface area contributed by atoms with Crippen molar-refractivity contribution in [3.05, 3.63) is 11.1 Å².